The van der Waals surface area contributed by atoms with Gasteiger partial charge in [0, 0.05) is 64.2 Å². The second-order valence-corrected chi connectivity index (χ2v) is 6.58. The van der Waals surface area contributed by atoms with E-state index in [-0.39, 0.29) is 6.03 Å². The Balaban J connectivity index is 1.67. The zero-order valence-corrected chi connectivity index (χ0v) is 15.2. The standard InChI is InChI=1S/C18H31N5O/c1-4-22(16(2)3)9-8-20-18(24)23-12-10-21(11-13-23)15-17-6-5-7-19-14-17/h5-7,14,16H,4,8-13,15H2,1-3H3,(H,20,24). The van der Waals surface area contributed by atoms with E-state index in [1.54, 1.807) is 6.20 Å². The van der Waals surface area contributed by atoms with Crippen molar-refractivity contribution < 1.29 is 4.79 Å². The fraction of sp³-hybridized carbons (Fsp3) is 0.667. The van der Waals surface area contributed by atoms with E-state index in [2.05, 4.69) is 46.9 Å². The number of carbonyl (C=O) groups is 1. The molecule has 1 fully saturated rings. The number of pyridine rings is 1. The van der Waals surface area contributed by atoms with Gasteiger partial charge < -0.3 is 10.2 Å². The summed E-state index contributed by atoms with van der Waals surface area (Å²) in [5, 5.41) is 3.05. The van der Waals surface area contributed by atoms with Crippen LogP contribution in [0.1, 0.15) is 26.3 Å². The molecule has 2 rings (SSSR count). The summed E-state index contributed by atoms with van der Waals surface area (Å²) < 4.78 is 0. The Morgan fingerprint density at radius 2 is 2.08 bits per heavy atom. The summed E-state index contributed by atoms with van der Waals surface area (Å²) in [6.45, 7) is 13.5. The Hall–Kier alpha value is -1.66. The van der Waals surface area contributed by atoms with E-state index < -0.39 is 0 Å². The molecule has 0 spiro atoms. The monoisotopic (exact) mass is 333 g/mol. The van der Waals surface area contributed by atoms with Gasteiger partial charge in [0.2, 0.25) is 0 Å². The first-order chi connectivity index (χ1) is 11.6. The molecule has 6 nitrogen and oxygen atoms in total. The van der Waals surface area contributed by atoms with Crippen molar-refractivity contribution in [3.05, 3.63) is 30.1 Å². The van der Waals surface area contributed by atoms with Gasteiger partial charge in [0.1, 0.15) is 0 Å². The second-order valence-electron chi connectivity index (χ2n) is 6.58. The predicted octanol–water partition coefficient (Wildman–Crippen LogP) is 1.64. The Morgan fingerprint density at radius 1 is 1.33 bits per heavy atom. The number of nitrogens with zero attached hydrogens (tertiary/aromatic N) is 4. The van der Waals surface area contributed by atoms with E-state index in [1.165, 1.54) is 5.56 Å². The normalized spacial score (nSPS) is 16.0. The topological polar surface area (TPSA) is 51.7 Å². The maximum atomic E-state index is 12.3. The maximum Gasteiger partial charge on any atom is 0.317 e. The minimum absolute atomic E-state index is 0.0656. The van der Waals surface area contributed by atoms with Crippen molar-refractivity contribution in [1.82, 2.24) is 25.0 Å². The van der Waals surface area contributed by atoms with Crippen LogP contribution < -0.4 is 5.32 Å². The summed E-state index contributed by atoms with van der Waals surface area (Å²) in [5.74, 6) is 0. The van der Waals surface area contributed by atoms with E-state index >= 15 is 0 Å². The van der Waals surface area contributed by atoms with Crippen molar-refractivity contribution in [3.63, 3.8) is 0 Å². The van der Waals surface area contributed by atoms with Crippen LogP contribution in [-0.4, -0.2) is 77.6 Å². The lowest BCUT2D eigenvalue weighted by Crippen LogP contribution is -2.52. The van der Waals surface area contributed by atoms with Crippen molar-refractivity contribution in [3.8, 4) is 0 Å². The molecule has 0 bridgehead atoms. The molecule has 2 amide bonds. The minimum atomic E-state index is 0.0656. The van der Waals surface area contributed by atoms with Crippen LogP contribution in [0.5, 0.6) is 0 Å². The van der Waals surface area contributed by atoms with Gasteiger partial charge >= 0.3 is 6.03 Å². The summed E-state index contributed by atoms with van der Waals surface area (Å²) in [6, 6.07) is 4.65. The Morgan fingerprint density at radius 3 is 2.67 bits per heavy atom. The molecule has 134 valence electrons. The molecule has 1 aliphatic rings. The SMILES string of the molecule is CCN(CCNC(=O)N1CCN(Cc2cccnc2)CC1)C(C)C. The number of rotatable bonds is 7. The molecule has 1 aromatic heterocycles. The lowest BCUT2D eigenvalue weighted by atomic mass is 10.2. The van der Waals surface area contributed by atoms with Crippen molar-refractivity contribution in [2.24, 2.45) is 0 Å². The second kappa shape index (κ2) is 9.59. The number of nitrogens with one attached hydrogen (secondary N) is 1. The first-order valence-corrected chi connectivity index (χ1v) is 8.98. The number of piperazine rings is 1. The van der Waals surface area contributed by atoms with Gasteiger partial charge in [-0.15, -0.1) is 0 Å². The quantitative estimate of drug-likeness (QED) is 0.824. The van der Waals surface area contributed by atoms with Crippen molar-refractivity contribution in [1.29, 1.82) is 0 Å². The molecule has 0 aromatic carbocycles. The average molecular weight is 333 g/mol. The minimum Gasteiger partial charge on any atom is -0.337 e. The molecule has 1 N–H and O–H groups in total. The third-order valence-electron chi connectivity index (χ3n) is 4.60. The Kier molecular flexibility index (Phi) is 7.46. The molecule has 0 unspecified atom stereocenters. The Bertz CT molecular complexity index is 485. The molecule has 2 heterocycles. The maximum absolute atomic E-state index is 12.3. The van der Waals surface area contributed by atoms with Crippen LogP contribution >= 0.6 is 0 Å². The van der Waals surface area contributed by atoms with Gasteiger partial charge in [-0.25, -0.2) is 4.79 Å². The molecule has 0 aliphatic carbocycles. The van der Waals surface area contributed by atoms with Crippen LogP contribution in [0.4, 0.5) is 4.79 Å². The number of aromatic nitrogens is 1. The third kappa shape index (κ3) is 5.76. The zero-order valence-electron chi connectivity index (χ0n) is 15.2. The van der Waals surface area contributed by atoms with Crippen LogP contribution in [0.15, 0.2) is 24.5 Å². The van der Waals surface area contributed by atoms with E-state index in [0.29, 0.717) is 12.6 Å². The lowest BCUT2D eigenvalue weighted by molar-refractivity contribution is 0.134. The van der Waals surface area contributed by atoms with E-state index in [4.69, 9.17) is 0 Å². The molecular formula is C18H31N5O. The summed E-state index contributed by atoms with van der Waals surface area (Å²) in [5.41, 5.74) is 1.23. The third-order valence-corrected chi connectivity index (χ3v) is 4.60. The van der Waals surface area contributed by atoms with Crippen molar-refractivity contribution in [2.75, 3.05) is 45.8 Å². The smallest absolute Gasteiger partial charge is 0.317 e. The van der Waals surface area contributed by atoms with Crippen LogP contribution in [0.3, 0.4) is 0 Å². The fourth-order valence-corrected chi connectivity index (χ4v) is 3.06. The highest BCUT2D eigenvalue weighted by molar-refractivity contribution is 5.74. The van der Waals surface area contributed by atoms with Gasteiger partial charge in [-0.2, -0.15) is 0 Å². The summed E-state index contributed by atoms with van der Waals surface area (Å²) >= 11 is 0. The van der Waals surface area contributed by atoms with Gasteiger partial charge in [-0.1, -0.05) is 13.0 Å². The van der Waals surface area contributed by atoms with Crippen LogP contribution in [0, 0.1) is 0 Å². The molecule has 1 aromatic rings. The summed E-state index contributed by atoms with van der Waals surface area (Å²) in [4.78, 5) is 23.1. The van der Waals surface area contributed by atoms with Crippen molar-refractivity contribution in [2.45, 2.75) is 33.4 Å². The number of amides is 2. The van der Waals surface area contributed by atoms with Crippen LogP contribution in [0.25, 0.3) is 0 Å². The average Bonchev–Trinajstić information content (AvgIpc) is 2.60. The van der Waals surface area contributed by atoms with Crippen molar-refractivity contribution >= 4 is 6.03 Å². The largest absolute Gasteiger partial charge is 0.337 e. The summed E-state index contributed by atoms with van der Waals surface area (Å²) in [7, 11) is 0. The molecular weight excluding hydrogens is 302 g/mol. The molecule has 0 atom stereocenters. The van der Waals surface area contributed by atoms with Gasteiger partial charge in [0.05, 0.1) is 0 Å². The highest BCUT2D eigenvalue weighted by atomic mass is 16.2. The van der Waals surface area contributed by atoms with Crippen LogP contribution in [0.2, 0.25) is 0 Å². The van der Waals surface area contributed by atoms with Gasteiger partial charge in [0.25, 0.3) is 0 Å². The number of carbonyl (C=O) groups excluding carboxylic acids is 1. The molecule has 0 saturated carbocycles. The number of urea groups is 1. The number of likely N-dealkylation sites (N-methyl/N-ethyl adjacent to an activating group) is 1. The van der Waals surface area contributed by atoms with Crippen LogP contribution in [-0.2, 0) is 6.54 Å². The Labute approximate surface area is 145 Å². The van der Waals surface area contributed by atoms with E-state index in [0.717, 1.165) is 45.8 Å². The number of hydrogen-bond donors (Lipinski definition) is 1. The molecule has 0 radical (unpaired) electrons. The molecule has 1 saturated heterocycles. The van der Waals surface area contributed by atoms with Gasteiger partial charge in [0.15, 0.2) is 0 Å². The predicted molar refractivity (Wildman–Crippen MR) is 96.9 cm³/mol. The highest BCUT2D eigenvalue weighted by Gasteiger charge is 2.21. The van der Waals surface area contributed by atoms with Gasteiger partial charge in [-0.3, -0.25) is 14.8 Å². The summed E-state index contributed by atoms with van der Waals surface area (Å²) in [6.07, 6.45) is 3.71. The fourth-order valence-electron chi connectivity index (χ4n) is 3.06. The highest BCUT2D eigenvalue weighted by Crippen LogP contribution is 2.07. The first-order valence-electron chi connectivity index (χ1n) is 8.98. The lowest BCUT2D eigenvalue weighted by Gasteiger charge is -2.35. The number of hydrogen-bond acceptors (Lipinski definition) is 4. The van der Waals surface area contributed by atoms with Gasteiger partial charge in [-0.05, 0) is 32.0 Å². The first kappa shape index (κ1) is 18.7. The molecule has 1 aliphatic heterocycles. The van der Waals surface area contributed by atoms with E-state index in [1.807, 2.05) is 17.2 Å². The molecule has 6 heteroatoms. The van der Waals surface area contributed by atoms with E-state index in [9.17, 15) is 4.79 Å². The zero-order chi connectivity index (χ0) is 17.4. The molecule has 24 heavy (non-hydrogen) atoms.